The van der Waals surface area contributed by atoms with Gasteiger partial charge in [0.25, 0.3) is 0 Å². The third kappa shape index (κ3) is 5.63. The zero-order valence-electron chi connectivity index (χ0n) is 13.1. The Kier molecular flexibility index (Phi) is 7.36. The van der Waals surface area contributed by atoms with Crippen molar-refractivity contribution in [3.05, 3.63) is 24.5 Å². The van der Waals surface area contributed by atoms with E-state index in [4.69, 9.17) is 4.74 Å². The molecule has 112 valence electrons. The van der Waals surface area contributed by atoms with Crippen molar-refractivity contribution in [3.8, 4) is 11.5 Å². The molecule has 0 amide bonds. The highest BCUT2D eigenvalue weighted by Crippen LogP contribution is 2.50. The SMILES string of the molecule is C=C/C=C(\OC)C1(CCC#C[Si](C)(C)C)SCCCS1. The van der Waals surface area contributed by atoms with Crippen LogP contribution in [0.1, 0.15) is 19.3 Å². The molecule has 0 aromatic heterocycles. The summed E-state index contributed by atoms with van der Waals surface area (Å²) in [5.74, 6) is 6.84. The Balaban J connectivity index is 2.80. The summed E-state index contributed by atoms with van der Waals surface area (Å²) in [5, 5.41) is 0. The number of hydrogen-bond acceptors (Lipinski definition) is 3. The van der Waals surface area contributed by atoms with Crippen LogP contribution in [0.25, 0.3) is 0 Å². The van der Waals surface area contributed by atoms with Crippen molar-refractivity contribution in [1.82, 2.24) is 0 Å². The van der Waals surface area contributed by atoms with Crippen molar-refractivity contribution in [2.45, 2.75) is 43.0 Å². The summed E-state index contributed by atoms with van der Waals surface area (Å²) in [6.45, 7) is 10.7. The molecule has 1 aliphatic rings. The molecule has 0 spiro atoms. The molecule has 0 bridgehead atoms. The van der Waals surface area contributed by atoms with E-state index in [0.717, 1.165) is 18.6 Å². The number of allylic oxidation sites excluding steroid dienone is 2. The highest BCUT2D eigenvalue weighted by atomic mass is 32.2. The molecule has 1 saturated heterocycles. The van der Waals surface area contributed by atoms with Crippen molar-refractivity contribution in [3.63, 3.8) is 0 Å². The minimum Gasteiger partial charge on any atom is -0.499 e. The van der Waals surface area contributed by atoms with E-state index in [-0.39, 0.29) is 4.08 Å². The van der Waals surface area contributed by atoms with E-state index in [0.29, 0.717) is 0 Å². The first kappa shape index (κ1) is 17.8. The second-order valence-electron chi connectivity index (χ2n) is 5.83. The maximum Gasteiger partial charge on any atom is 0.129 e. The van der Waals surface area contributed by atoms with Gasteiger partial charge in [-0.2, -0.15) is 0 Å². The first-order valence-corrected chi connectivity index (χ1v) is 12.6. The van der Waals surface area contributed by atoms with Crippen molar-refractivity contribution in [1.29, 1.82) is 0 Å². The molecule has 1 nitrogen and oxygen atoms in total. The summed E-state index contributed by atoms with van der Waals surface area (Å²) < 4.78 is 5.68. The Labute approximate surface area is 134 Å². The van der Waals surface area contributed by atoms with Gasteiger partial charge in [-0.1, -0.05) is 32.3 Å². The van der Waals surface area contributed by atoms with Crippen LogP contribution in [0.15, 0.2) is 24.5 Å². The minimum atomic E-state index is -1.26. The topological polar surface area (TPSA) is 9.23 Å². The van der Waals surface area contributed by atoms with Crippen molar-refractivity contribution in [2.24, 2.45) is 0 Å². The lowest BCUT2D eigenvalue weighted by Crippen LogP contribution is -2.28. The number of rotatable bonds is 5. The molecular weight excluding hydrogens is 300 g/mol. The molecule has 1 fully saturated rings. The number of hydrogen-bond donors (Lipinski definition) is 0. The zero-order chi connectivity index (χ0) is 15.1. The van der Waals surface area contributed by atoms with Gasteiger partial charge in [0, 0.05) is 6.42 Å². The van der Waals surface area contributed by atoms with Gasteiger partial charge >= 0.3 is 0 Å². The minimum absolute atomic E-state index is 0.0370. The molecule has 1 aliphatic heterocycles. The van der Waals surface area contributed by atoms with Gasteiger partial charge in [0.2, 0.25) is 0 Å². The van der Waals surface area contributed by atoms with Crippen LogP contribution in [-0.4, -0.2) is 30.8 Å². The maximum absolute atomic E-state index is 5.64. The molecular formula is C16H26OS2Si. The summed E-state index contributed by atoms with van der Waals surface area (Å²) in [6.07, 6.45) is 7.11. The summed E-state index contributed by atoms with van der Waals surface area (Å²) >= 11 is 4.01. The molecule has 0 unspecified atom stereocenters. The van der Waals surface area contributed by atoms with Crippen LogP contribution in [0.3, 0.4) is 0 Å². The van der Waals surface area contributed by atoms with E-state index >= 15 is 0 Å². The van der Waals surface area contributed by atoms with Crippen LogP contribution in [-0.2, 0) is 4.74 Å². The Morgan fingerprint density at radius 2 is 2.00 bits per heavy atom. The lowest BCUT2D eigenvalue weighted by molar-refractivity contribution is 0.272. The van der Waals surface area contributed by atoms with Gasteiger partial charge in [-0.3, -0.25) is 0 Å². The quantitative estimate of drug-likeness (QED) is 0.307. The van der Waals surface area contributed by atoms with Gasteiger partial charge in [-0.25, -0.2) is 0 Å². The van der Waals surface area contributed by atoms with E-state index < -0.39 is 8.07 Å². The second-order valence-corrected chi connectivity index (χ2v) is 13.6. The zero-order valence-corrected chi connectivity index (χ0v) is 15.8. The lowest BCUT2D eigenvalue weighted by Gasteiger charge is -2.36. The fourth-order valence-electron chi connectivity index (χ4n) is 2.00. The summed E-state index contributed by atoms with van der Waals surface area (Å²) in [6, 6.07) is 0. The smallest absolute Gasteiger partial charge is 0.129 e. The van der Waals surface area contributed by atoms with Crippen LogP contribution in [0.5, 0.6) is 0 Å². The summed E-state index contributed by atoms with van der Waals surface area (Å²) in [5.41, 5.74) is 3.46. The van der Waals surface area contributed by atoms with E-state index in [1.54, 1.807) is 7.11 Å². The Morgan fingerprint density at radius 3 is 2.50 bits per heavy atom. The van der Waals surface area contributed by atoms with E-state index in [1.807, 2.05) is 35.7 Å². The van der Waals surface area contributed by atoms with Gasteiger partial charge in [-0.15, -0.1) is 35.0 Å². The highest BCUT2D eigenvalue weighted by molar-refractivity contribution is 8.19. The van der Waals surface area contributed by atoms with Crippen molar-refractivity contribution < 1.29 is 4.74 Å². The largest absolute Gasteiger partial charge is 0.499 e. The predicted octanol–water partition coefficient (Wildman–Crippen LogP) is 4.93. The van der Waals surface area contributed by atoms with Crippen LogP contribution in [0.2, 0.25) is 19.6 Å². The maximum atomic E-state index is 5.64. The third-order valence-electron chi connectivity index (χ3n) is 2.87. The summed E-state index contributed by atoms with van der Waals surface area (Å²) in [7, 11) is 0.509. The molecule has 0 aromatic carbocycles. The van der Waals surface area contributed by atoms with E-state index in [1.165, 1.54) is 17.9 Å². The fourth-order valence-corrected chi connectivity index (χ4v) is 5.99. The van der Waals surface area contributed by atoms with Crippen LogP contribution in [0, 0.1) is 11.5 Å². The second kappa shape index (κ2) is 8.26. The first-order valence-electron chi connectivity index (χ1n) is 7.09. The highest BCUT2D eigenvalue weighted by Gasteiger charge is 2.38. The van der Waals surface area contributed by atoms with Crippen LogP contribution >= 0.6 is 23.5 Å². The Bertz CT molecular complexity index is 406. The number of ether oxygens (including phenoxy) is 1. The van der Waals surface area contributed by atoms with E-state index in [2.05, 4.69) is 37.7 Å². The Hall–Kier alpha value is -0.243. The first-order chi connectivity index (χ1) is 9.43. The predicted molar refractivity (Wildman–Crippen MR) is 97.9 cm³/mol. The van der Waals surface area contributed by atoms with Gasteiger partial charge in [0.15, 0.2) is 0 Å². The van der Waals surface area contributed by atoms with Crippen molar-refractivity contribution >= 4 is 31.6 Å². The molecule has 1 rings (SSSR count). The Morgan fingerprint density at radius 1 is 1.35 bits per heavy atom. The van der Waals surface area contributed by atoms with Crippen LogP contribution < -0.4 is 0 Å². The van der Waals surface area contributed by atoms with Crippen molar-refractivity contribution in [2.75, 3.05) is 18.6 Å². The average molecular weight is 327 g/mol. The van der Waals surface area contributed by atoms with Gasteiger partial charge in [-0.05, 0) is 30.4 Å². The average Bonchev–Trinajstić information content (AvgIpc) is 2.41. The molecule has 1 heterocycles. The molecule has 0 atom stereocenters. The van der Waals surface area contributed by atoms with Gasteiger partial charge < -0.3 is 4.74 Å². The number of thioether (sulfide) groups is 2. The molecule has 0 aliphatic carbocycles. The molecule has 0 aromatic rings. The number of methoxy groups -OCH3 is 1. The molecule has 20 heavy (non-hydrogen) atoms. The standard InChI is InChI=1S/C16H26OS2Si/c1-6-10-15(17-2)16(18-12-9-13-19-16)11-7-8-14-20(3,4)5/h6,10H,1,7,9,11-13H2,2-5H3/b15-10-. The monoisotopic (exact) mass is 326 g/mol. The molecule has 4 heteroatoms. The van der Waals surface area contributed by atoms with Gasteiger partial charge in [0.1, 0.15) is 17.9 Å². The van der Waals surface area contributed by atoms with Gasteiger partial charge in [0.05, 0.1) is 7.11 Å². The molecule has 0 radical (unpaired) electrons. The molecule has 0 N–H and O–H groups in total. The fraction of sp³-hybridized carbons (Fsp3) is 0.625. The van der Waals surface area contributed by atoms with Crippen LogP contribution in [0.4, 0.5) is 0 Å². The third-order valence-corrected chi connectivity index (χ3v) is 7.23. The molecule has 0 saturated carbocycles. The summed E-state index contributed by atoms with van der Waals surface area (Å²) in [4.78, 5) is 0. The lowest BCUT2D eigenvalue weighted by atomic mass is 10.2. The van der Waals surface area contributed by atoms with E-state index in [9.17, 15) is 0 Å². The normalized spacial score (nSPS) is 18.9.